The lowest BCUT2D eigenvalue weighted by molar-refractivity contribution is -0.384. The Kier molecular flexibility index (Phi) is 11.0. The number of nitrogens with one attached hydrogen (secondary N) is 1. The number of rotatable bonds is 14. The number of carbonyl (C=O) groups excluding carboxylic acids is 2. The highest BCUT2D eigenvalue weighted by Crippen LogP contribution is 2.34. The highest BCUT2D eigenvalue weighted by Gasteiger charge is 2.34. The fourth-order valence-corrected chi connectivity index (χ4v) is 5.35. The third-order valence-corrected chi connectivity index (χ3v) is 7.70. The topological polar surface area (TPSA) is 139 Å². The first-order chi connectivity index (χ1) is 19.9. The Bertz CT molecular complexity index is 1510. The summed E-state index contributed by atoms with van der Waals surface area (Å²) in [7, 11) is -2.84. The molecule has 3 rings (SSSR count). The van der Waals surface area contributed by atoms with Gasteiger partial charge in [0.05, 0.1) is 18.3 Å². The number of sulfonamides is 1. The first-order valence-corrected chi connectivity index (χ1v) is 15.3. The van der Waals surface area contributed by atoms with Gasteiger partial charge in [-0.15, -0.1) is 0 Å². The van der Waals surface area contributed by atoms with Crippen LogP contribution >= 0.6 is 0 Å². The smallest absolute Gasteiger partial charge is 0.271 e. The molecular weight excluding hydrogens is 560 g/mol. The van der Waals surface area contributed by atoms with Crippen molar-refractivity contribution in [1.82, 2.24) is 10.2 Å². The van der Waals surface area contributed by atoms with Crippen LogP contribution in [0.1, 0.15) is 30.0 Å². The Morgan fingerprint density at radius 3 is 2.31 bits per heavy atom. The number of carbonyl (C=O) groups is 2. The van der Waals surface area contributed by atoms with Gasteiger partial charge in [-0.25, -0.2) is 8.42 Å². The van der Waals surface area contributed by atoms with Crippen molar-refractivity contribution in [3.05, 3.63) is 99.6 Å². The molecule has 0 saturated carbocycles. The molecule has 0 heterocycles. The zero-order valence-electron chi connectivity index (χ0n) is 24.1. The molecule has 2 amide bonds. The number of nitro groups is 1. The van der Waals surface area contributed by atoms with Crippen LogP contribution in [0.25, 0.3) is 0 Å². The minimum Gasteiger partial charge on any atom is -0.495 e. The second kappa shape index (κ2) is 14.4. The van der Waals surface area contributed by atoms with Gasteiger partial charge in [0.2, 0.25) is 21.8 Å². The molecular formula is C30H36N4O7S. The number of hydrogen-bond acceptors (Lipinski definition) is 7. The van der Waals surface area contributed by atoms with Crippen LogP contribution in [0.4, 0.5) is 11.4 Å². The van der Waals surface area contributed by atoms with Crippen molar-refractivity contribution < 1.29 is 27.7 Å². The maximum Gasteiger partial charge on any atom is 0.271 e. The molecule has 0 spiro atoms. The summed E-state index contributed by atoms with van der Waals surface area (Å²) in [5.41, 5.74) is 1.99. The van der Waals surface area contributed by atoms with E-state index in [1.165, 1.54) is 24.1 Å². The molecule has 11 nitrogen and oxygen atoms in total. The molecule has 0 aromatic heterocycles. The predicted octanol–water partition coefficient (Wildman–Crippen LogP) is 3.84. The lowest BCUT2D eigenvalue weighted by Gasteiger charge is -2.33. The van der Waals surface area contributed by atoms with Gasteiger partial charge in [0.25, 0.3) is 5.69 Å². The van der Waals surface area contributed by atoms with Crippen molar-refractivity contribution in [2.75, 3.05) is 30.8 Å². The van der Waals surface area contributed by atoms with Crippen LogP contribution in [0.15, 0.2) is 72.8 Å². The summed E-state index contributed by atoms with van der Waals surface area (Å²) < 4.78 is 32.1. The monoisotopic (exact) mass is 596 g/mol. The van der Waals surface area contributed by atoms with Crippen molar-refractivity contribution in [2.24, 2.45) is 0 Å². The van der Waals surface area contributed by atoms with Crippen molar-refractivity contribution in [1.29, 1.82) is 0 Å². The summed E-state index contributed by atoms with van der Waals surface area (Å²) in [5, 5.41) is 14.4. The largest absolute Gasteiger partial charge is 0.495 e. The first kappa shape index (κ1) is 32.1. The second-order valence-corrected chi connectivity index (χ2v) is 11.8. The highest BCUT2D eigenvalue weighted by atomic mass is 32.2. The predicted molar refractivity (Wildman–Crippen MR) is 161 cm³/mol. The van der Waals surface area contributed by atoms with E-state index in [0.29, 0.717) is 13.0 Å². The van der Waals surface area contributed by atoms with Crippen LogP contribution in [0.3, 0.4) is 0 Å². The fourth-order valence-electron chi connectivity index (χ4n) is 4.51. The fraction of sp³-hybridized carbons (Fsp3) is 0.333. The van der Waals surface area contributed by atoms with E-state index in [2.05, 4.69) is 5.32 Å². The minimum absolute atomic E-state index is 0.0290. The highest BCUT2D eigenvalue weighted by molar-refractivity contribution is 7.92. The van der Waals surface area contributed by atoms with Crippen LogP contribution in [-0.2, 0) is 32.6 Å². The zero-order valence-corrected chi connectivity index (χ0v) is 25.0. The van der Waals surface area contributed by atoms with Gasteiger partial charge in [-0.2, -0.15) is 0 Å². The van der Waals surface area contributed by atoms with Crippen molar-refractivity contribution in [3.63, 3.8) is 0 Å². The molecule has 0 aliphatic rings. The van der Waals surface area contributed by atoms with Gasteiger partial charge < -0.3 is 15.0 Å². The summed E-state index contributed by atoms with van der Waals surface area (Å²) >= 11 is 0. The maximum atomic E-state index is 14.2. The molecule has 0 radical (unpaired) electrons. The molecule has 1 N–H and O–H groups in total. The van der Waals surface area contributed by atoms with Gasteiger partial charge in [-0.1, -0.05) is 67.1 Å². The summed E-state index contributed by atoms with van der Waals surface area (Å²) in [6.45, 7) is 3.54. The van der Waals surface area contributed by atoms with Crippen molar-refractivity contribution in [2.45, 2.75) is 39.3 Å². The average molecular weight is 597 g/mol. The zero-order chi connectivity index (χ0) is 30.9. The van der Waals surface area contributed by atoms with Crippen molar-refractivity contribution in [3.8, 4) is 5.75 Å². The number of nitrogens with zero attached hydrogens (tertiary/aromatic N) is 3. The summed E-state index contributed by atoms with van der Waals surface area (Å²) in [6, 6.07) is 19.2. The van der Waals surface area contributed by atoms with E-state index in [-0.39, 0.29) is 36.0 Å². The quantitative estimate of drug-likeness (QED) is 0.220. The van der Waals surface area contributed by atoms with E-state index in [0.717, 1.165) is 33.3 Å². The van der Waals surface area contributed by atoms with Gasteiger partial charge in [0.1, 0.15) is 24.0 Å². The molecule has 224 valence electrons. The van der Waals surface area contributed by atoms with Crippen molar-refractivity contribution >= 4 is 33.2 Å². The maximum absolute atomic E-state index is 14.2. The molecule has 0 bridgehead atoms. The number of benzene rings is 3. The summed E-state index contributed by atoms with van der Waals surface area (Å²) in [5.74, 6) is -1.01. The lowest BCUT2D eigenvalue weighted by Crippen LogP contribution is -2.53. The Morgan fingerprint density at radius 2 is 1.71 bits per heavy atom. The number of anilines is 1. The van der Waals surface area contributed by atoms with E-state index in [4.69, 9.17) is 4.74 Å². The van der Waals surface area contributed by atoms with Gasteiger partial charge in [-0.05, 0) is 30.5 Å². The van der Waals surface area contributed by atoms with Crippen LogP contribution in [0.5, 0.6) is 5.75 Å². The molecule has 42 heavy (non-hydrogen) atoms. The standard InChI is InChI=1S/C30H36N4O7S/c1-5-16-31-30(36)27(18-23-11-7-6-8-12-23)32(20-24-13-9-10-22(2)17-24)29(35)21-33(42(4,39)40)26-19-25(34(37)38)14-15-28(26)41-3/h6-15,17,19,27H,5,16,18,20-21H2,1-4H3,(H,31,36)/t27-/m0/s1. The number of hydrogen-bond donors (Lipinski definition) is 1. The second-order valence-electron chi connectivity index (χ2n) is 9.89. The van der Waals surface area contributed by atoms with Gasteiger partial charge in [-0.3, -0.25) is 24.0 Å². The molecule has 0 saturated heterocycles. The number of methoxy groups -OCH3 is 1. The van der Waals surface area contributed by atoms with Crippen LogP contribution < -0.4 is 14.4 Å². The van der Waals surface area contributed by atoms with Gasteiger partial charge >= 0.3 is 0 Å². The van der Waals surface area contributed by atoms with Crippen LogP contribution in [0, 0.1) is 17.0 Å². The lowest BCUT2D eigenvalue weighted by atomic mass is 10.0. The van der Waals surface area contributed by atoms with E-state index in [1.807, 2.05) is 68.4 Å². The number of ether oxygens (including phenoxy) is 1. The Hall–Kier alpha value is -4.45. The van der Waals surface area contributed by atoms with Crippen LogP contribution in [-0.4, -0.2) is 62.6 Å². The molecule has 0 fully saturated rings. The van der Waals surface area contributed by atoms with E-state index in [1.54, 1.807) is 0 Å². The first-order valence-electron chi connectivity index (χ1n) is 13.4. The van der Waals surface area contributed by atoms with Gasteiger partial charge in [0, 0.05) is 31.6 Å². The SMILES string of the molecule is CCCNC(=O)[C@H](Cc1ccccc1)N(Cc1cccc(C)c1)C(=O)CN(c1cc([N+](=O)[O-])ccc1OC)S(C)(=O)=O. The summed E-state index contributed by atoms with van der Waals surface area (Å²) in [6.07, 6.45) is 1.77. The number of amides is 2. The molecule has 0 unspecified atom stereocenters. The third kappa shape index (κ3) is 8.53. The van der Waals surface area contributed by atoms with E-state index >= 15 is 0 Å². The van der Waals surface area contributed by atoms with E-state index < -0.39 is 33.4 Å². The summed E-state index contributed by atoms with van der Waals surface area (Å²) in [4.78, 5) is 39.9. The minimum atomic E-state index is -4.14. The molecule has 0 aliphatic carbocycles. The molecule has 1 atom stereocenters. The Balaban J connectivity index is 2.12. The molecule has 3 aromatic rings. The van der Waals surface area contributed by atoms with E-state index in [9.17, 15) is 28.1 Å². The average Bonchev–Trinajstić information content (AvgIpc) is 2.95. The Morgan fingerprint density at radius 1 is 1.02 bits per heavy atom. The molecule has 12 heteroatoms. The third-order valence-electron chi connectivity index (χ3n) is 6.58. The normalized spacial score (nSPS) is 11.8. The Labute approximate surface area is 246 Å². The number of nitro benzene ring substituents is 1. The van der Waals surface area contributed by atoms with Gasteiger partial charge in [0.15, 0.2) is 0 Å². The number of aryl methyl sites for hydroxylation is 1. The van der Waals surface area contributed by atoms with Crippen LogP contribution in [0.2, 0.25) is 0 Å². The molecule has 3 aromatic carbocycles. The molecule has 0 aliphatic heterocycles. The number of non-ortho nitro benzene ring substituents is 1.